The third-order valence-corrected chi connectivity index (χ3v) is 6.78. The van der Waals surface area contributed by atoms with Crippen LogP contribution in [0.5, 0.6) is 5.75 Å². The molecule has 6 heteroatoms. The van der Waals surface area contributed by atoms with Crippen molar-refractivity contribution in [2.24, 2.45) is 0 Å². The zero-order chi connectivity index (χ0) is 23.7. The van der Waals surface area contributed by atoms with Crippen molar-refractivity contribution in [3.05, 3.63) is 64.7 Å². The van der Waals surface area contributed by atoms with Gasteiger partial charge in [-0.15, -0.1) is 0 Å². The number of Topliss-reactive ketones (excluding diaryl/α,β-unsaturated/α-hetero) is 1. The lowest BCUT2D eigenvalue weighted by Gasteiger charge is -2.35. The smallest absolute Gasteiger partial charge is 0.295 e. The Morgan fingerprint density at radius 1 is 1.03 bits per heavy atom. The number of benzene rings is 2. The van der Waals surface area contributed by atoms with Crippen molar-refractivity contribution in [1.82, 2.24) is 4.90 Å². The lowest BCUT2D eigenvalue weighted by molar-refractivity contribution is -0.141. The van der Waals surface area contributed by atoms with E-state index < -0.39 is 17.7 Å². The summed E-state index contributed by atoms with van der Waals surface area (Å²) in [5, 5.41) is 11.4. The Bertz CT molecular complexity index is 1080. The SMILES string of the molecule is COc1ccc(C)cc1/C(O)=C1\C(=O)C(=O)N(C2CCCCC2)C1c1ccc(N(C)C)cc1. The van der Waals surface area contributed by atoms with E-state index in [0.717, 1.165) is 48.9 Å². The molecule has 1 aliphatic heterocycles. The summed E-state index contributed by atoms with van der Waals surface area (Å²) in [6, 6.07) is 12.6. The minimum Gasteiger partial charge on any atom is -0.507 e. The maximum atomic E-state index is 13.4. The molecule has 33 heavy (non-hydrogen) atoms. The van der Waals surface area contributed by atoms with Crippen molar-refractivity contribution in [1.29, 1.82) is 0 Å². The van der Waals surface area contributed by atoms with E-state index in [2.05, 4.69) is 0 Å². The normalized spacial score (nSPS) is 20.8. The third-order valence-electron chi connectivity index (χ3n) is 6.78. The number of carbonyl (C=O) groups is 2. The Hall–Kier alpha value is -3.28. The highest BCUT2D eigenvalue weighted by Gasteiger charge is 2.49. The number of methoxy groups -OCH3 is 1. The zero-order valence-corrected chi connectivity index (χ0v) is 19.8. The van der Waals surface area contributed by atoms with Gasteiger partial charge in [-0.05, 0) is 49.6 Å². The first-order valence-electron chi connectivity index (χ1n) is 11.6. The molecule has 1 amide bonds. The fourth-order valence-electron chi connectivity index (χ4n) is 5.02. The minimum absolute atomic E-state index is 0.0153. The quantitative estimate of drug-likeness (QED) is 0.403. The molecule has 2 aromatic rings. The average molecular weight is 449 g/mol. The fraction of sp³-hybridized carbons (Fsp3) is 0.407. The first-order chi connectivity index (χ1) is 15.8. The van der Waals surface area contributed by atoms with Gasteiger partial charge in [0.25, 0.3) is 11.7 Å². The van der Waals surface area contributed by atoms with Crippen LogP contribution >= 0.6 is 0 Å². The number of aliphatic hydroxyl groups excluding tert-OH is 1. The van der Waals surface area contributed by atoms with E-state index in [9.17, 15) is 14.7 Å². The van der Waals surface area contributed by atoms with Gasteiger partial charge >= 0.3 is 0 Å². The molecule has 1 atom stereocenters. The van der Waals surface area contributed by atoms with E-state index in [1.807, 2.05) is 56.3 Å². The molecular formula is C27H32N2O4. The van der Waals surface area contributed by atoms with Crippen LogP contribution in [0.3, 0.4) is 0 Å². The number of anilines is 1. The van der Waals surface area contributed by atoms with Crippen molar-refractivity contribution in [3.63, 3.8) is 0 Å². The van der Waals surface area contributed by atoms with Crippen LogP contribution in [0.1, 0.15) is 54.8 Å². The molecule has 2 fully saturated rings. The molecule has 1 saturated carbocycles. The van der Waals surface area contributed by atoms with Crippen LogP contribution in [-0.2, 0) is 9.59 Å². The van der Waals surface area contributed by atoms with Crippen LogP contribution < -0.4 is 9.64 Å². The number of ether oxygens (including phenoxy) is 1. The van der Waals surface area contributed by atoms with Gasteiger partial charge in [-0.3, -0.25) is 9.59 Å². The summed E-state index contributed by atoms with van der Waals surface area (Å²) < 4.78 is 5.46. The molecule has 2 aromatic carbocycles. The zero-order valence-electron chi connectivity index (χ0n) is 19.8. The van der Waals surface area contributed by atoms with Gasteiger partial charge in [0, 0.05) is 25.8 Å². The summed E-state index contributed by atoms with van der Waals surface area (Å²) in [5.41, 5.74) is 3.32. The maximum Gasteiger partial charge on any atom is 0.295 e. The Morgan fingerprint density at radius 2 is 1.70 bits per heavy atom. The van der Waals surface area contributed by atoms with Gasteiger partial charge in [-0.2, -0.15) is 0 Å². The number of aliphatic hydroxyl groups is 1. The summed E-state index contributed by atoms with van der Waals surface area (Å²) in [5.74, 6) is -0.891. The highest BCUT2D eigenvalue weighted by atomic mass is 16.5. The molecule has 6 nitrogen and oxygen atoms in total. The second-order valence-corrected chi connectivity index (χ2v) is 9.19. The van der Waals surface area contributed by atoms with Crippen molar-refractivity contribution < 1.29 is 19.4 Å². The second-order valence-electron chi connectivity index (χ2n) is 9.19. The number of likely N-dealkylation sites (tertiary alicyclic amines) is 1. The average Bonchev–Trinajstić information content (AvgIpc) is 3.09. The van der Waals surface area contributed by atoms with Crippen LogP contribution in [0.2, 0.25) is 0 Å². The van der Waals surface area contributed by atoms with E-state index in [1.54, 1.807) is 17.0 Å². The molecule has 4 rings (SSSR count). The molecule has 0 radical (unpaired) electrons. The van der Waals surface area contributed by atoms with Gasteiger partial charge in [0.05, 0.1) is 24.3 Å². The first-order valence-corrected chi connectivity index (χ1v) is 11.6. The number of hydrogen-bond acceptors (Lipinski definition) is 5. The first kappa shape index (κ1) is 22.9. The monoisotopic (exact) mass is 448 g/mol. The Labute approximate surface area is 195 Å². The van der Waals surface area contributed by atoms with Gasteiger partial charge in [0.15, 0.2) is 0 Å². The van der Waals surface area contributed by atoms with Crippen LogP contribution in [-0.4, -0.2) is 48.9 Å². The predicted octanol–water partition coefficient (Wildman–Crippen LogP) is 4.82. The topological polar surface area (TPSA) is 70.1 Å². The van der Waals surface area contributed by atoms with Crippen LogP contribution in [0.4, 0.5) is 5.69 Å². The van der Waals surface area contributed by atoms with Crippen molar-refractivity contribution in [3.8, 4) is 5.75 Å². The van der Waals surface area contributed by atoms with Crippen LogP contribution in [0.15, 0.2) is 48.0 Å². The molecule has 1 saturated heterocycles. The molecule has 1 heterocycles. The van der Waals surface area contributed by atoms with Gasteiger partial charge in [-0.25, -0.2) is 0 Å². The van der Waals surface area contributed by atoms with E-state index in [-0.39, 0.29) is 17.4 Å². The number of hydrogen-bond donors (Lipinski definition) is 1. The van der Waals surface area contributed by atoms with E-state index in [4.69, 9.17) is 4.74 Å². The molecular weight excluding hydrogens is 416 g/mol. The number of carbonyl (C=O) groups excluding carboxylic acids is 2. The number of rotatable bonds is 5. The van der Waals surface area contributed by atoms with Gasteiger partial charge < -0.3 is 19.6 Å². The molecule has 174 valence electrons. The summed E-state index contributed by atoms with van der Waals surface area (Å²) in [7, 11) is 5.46. The van der Waals surface area contributed by atoms with Crippen LogP contribution in [0, 0.1) is 6.92 Å². The van der Waals surface area contributed by atoms with Crippen LogP contribution in [0.25, 0.3) is 5.76 Å². The van der Waals surface area contributed by atoms with Crippen molar-refractivity contribution in [2.45, 2.75) is 51.1 Å². The number of ketones is 1. The standard InChI is InChI=1S/C27H32N2O4/c1-17-10-15-22(33-4)21(16-17)25(30)23-24(18-11-13-19(14-12-18)28(2)3)29(27(32)26(23)31)20-8-6-5-7-9-20/h10-16,20,24,30H,5-9H2,1-4H3/b25-23+. The number of amides is 1. The lowest BCUT2D eigenvalue weighted by Crippen LogP contribution is -2.40. The van der Waals surface area contributed by atoms with E-state index >= 15 is 0 Å². The number of nitrogens with zero attached hydrogens (tertiary/aromatic N) is 2. The van der Waals surface area contributed by atoms with Crippen molar-refractivity contribution in [2.75, 3.05) is 26.1 Å². The Balaban J connectivity index is 1.90. The molecule has 2 aliphatic rings. The highest BCUT2D eigenvalue weighted by Crippen LogP contribution is 2.44. The molecule has 0 aromatic heterocycles. The summed E-state index contributed by atoms with van der Waals surface area (Å²) in [4.78, 5) is 30.4. The number of aryl methyl sites for hydroxylation is 1. The summed E-state index contributed by atoms with van der Waals surface area (Å²) in [6.45, 7) is 1.91. The second kappa shape index (κ2) is 9.30. The Morgan fingerprint density at radius 3 is 2.30 bits per heavy atom. The molecule has 0 spiro atoms. The Kier molecular flexibility index (Phi) is 6.45. The third kappa shape index (κ3) is 4.22. The fourth-order valence-corrected chi connectivity index (χ4v) is 5.02. The summed E-state index contributed by atoms with van der Waals surface area (Å²) in [6.07, 6.45) is 4.95. The van der Waals surface area contributed by atoms with E-state index in [0.29, 0.717) is 11.3 Å². The van der Waals surface area contributed by atoms with E-state index in [1.165, 1.54) is 7.11 Å². The lowest BCUT2D eigenvalue weighted by atomic mass is 9.90. The molecule has 1 unspecified atom stereocenters. The van der Waals surface area contributed by atoms with Gasteiger partial charge in [0.2, 0.25) is 0 Å². The largest absolute Gasteiger partial charge is 0.507 e. The molecule has 1 N–H and O–H groups in total. The minimum atomic E-state index is -0.636. The maximum absolute atomic E-state index is 13.4. The van der Waals surface area contributed by atoms with Gasteiger partial charge in [-0.1, -0.05) is 43.0 Å². The van der Waals surface area contributed by atoms with Crippen molar-refractivity contribution >= 4 is 23.1 Å². The molecule has 0 bridgehead atoms. The van der Waals surface area contributed by atoms with Gasteiger partial charge in [0.1, 0.15) is 11.5 Å². The highest BCUT2D eigenvalue weighted by molar-refractivity contribution is 6.46. The predicted molar refractivity (Wildman–Crippen MR) is 130 cm³/mol. The summed E-state index contributed by atoms with van der Waals surface area (Å²) >= 11 is 0. The molecule has 1 aliphatic carbocycles.